The predicted molar refractivity (Wildman–Crippen MR) is 66.2 cm³/mol. The Morgan fingerprint density at radius 2 is 2.12 bits per heavy atom. The third-order valence-corrected chi connectivity index (χ3v) is 3.08. The highest BCUT2D eigenvalue weighted by molar-refractivity contribution is 6.30. The van der Waals surface area contributed by atoms with E-state index in [2.05, 4.69) is 10.2 Å². The van der Waals surface area contributed by atoms with Crippen molar-refractivity contribution in [1.29, 1.82) is 0 Å². The maximum Gasteiger partial charge on any atom is 0.145 e. The second-order valence-electron chi connectivity index (χ2n) is 4.02. The minimum atomic E-state index is -0.439. The van der Waals surface area contributed by atoms with Gasteiger partial charge in [0.25, 0.3) is 0 Å². The first-order valence-corrected chi connectivity index (χ1v) is 6.14. The quantitative estimate of drug-likeness (QED) is 0.891. The smallest absolute Gasteiger partial charge is 0.145 e. The van der Waals surface area contributed by atoms with Crippen molar-refractivity contribution in [3.05, 3.63) is 29.0 Å². The Morgan fingerprint density at radius 3 is 2.82 bits per heavy atom. The van der Waals surface area contributed by atoms with Crippen LogP contribution >= 0.6 is 11.6 Å². The number of benzene rings is 1. The van der Waals surface area contributed by atoms with Crippen molar-refractivity contribution in [2.75, 3.05) is 39.3 Å². The Bertz CT molecular complexity index is 370. The molecular weight excluding hydrogens is 243 g/mol. The fourth-order valence-corrected chi connectivity index (χ4v) is 1.91. The number of nitrogens with zero attached hydrogens (tertiary/aromatic N) is 1. The van der Waals surface area contributed by atoms with Gasteiger partial charge < -0.3 is 10.1 Å². The molecule has 0 amide bonds. The summed E-state index contributed by atoms with van der Waals surface area (Å²) in [7, 11) is 0. The van der Waals surface area contributed by atoms with Crippen LogP contribution in [0.1, 0.15) is 0 Å². The van der Waals surface area contributed by atoms with E-state index in [0.29, 0.717) is 12.4 Å². The zero-order valence-electron chi connectivity index (χ0n) is 9.59. The van der Waals surface area contributed by atoms with Crippen LogP contribution < -0.4 is 10.1 Å². The first-order valence-electron chi connectivity index (χ1n) is 5.76. The minimum Gasteiger partial charge on any atom is -0.492 e. The molecule has 1 aliphatic rings. The fourth-order valence-electron chi connectivity index (χ4n) is 1.79. The first-order chi connectivity index (χ1) is 8.25. The lowest BCUT2D eigenvalue weighted by atomic mass is 10.3. The zero-order valence-corrected chi connectivity index (χ0v) is 10.3. The second-order valence-corrected chi connectivity index (χ2v) is 4.42. The molecule has 3 nitrogen and oxygen atoms in total. The van der Waals surface area contributed by atoms with E-state index in [1.807, 2.05) is 0 Å². The van der Waals surface area contributed by atoms with Crippen LogP contribution in [0.25, 0.3) is 0 Å². The average molecular weight is 259 g/mol. The molecular formula is C12H16ClFN2O. The molecule has 0 spiro atoms. The van der Waals surface area contributed by atoms with Crippen molar-refractivity contribution in [1.82, 2.24) is 10.2 Å². The summed E-state index contributed by atoms with van der Waals surface area (Å²) in [5, 5.41) is 3.41. The van der Waals surface area contributed by atoms with Gasteiger partial charge in [-0.25, -0.2) is 4.39 Å². The topological polar surface area (TPSA) is 24.5 Å². The molecule has 1 fully saturated rings. The van der Waals surface area contributed by atoms with Crippen molar-refractivity contribution in [2.45, 2.75) is 0 Å². The summed E-state index contributed by atoms with van der Waals surface area (Å²) < 4.78 is 18.6. The standard InChI is InChI=1S/C12H16ClFN2O/c13-11-2-1-10(9-12(11)14)17-8-7-16-5-3-15-4-6-16/h1-2,9,15H,3-8H2. The molecule has 1 aromatic carbocycles. The summed E-state index contributed by atoms with van der Waals surface area (Å²) in [6, 6.07) is 4.51. The molecule has 2 rings (SSSR count). The van der Waals surface area contributed by atoms with Gasteiger partial charge in [0.1, 0.15) is 18.2 Å². The fraction of sp³-hybridized carbons (Fsp3) is 0.500. The Hall–Kier alpha value is -0.840. The van der Waals surface area contributed by atoms with Crippen LogP contribution in [0.3, 0.4) is 0 Å². The molecule has 0 atom stereocenters. The molecule has 17 heavy (non-hydrogen) atoms. The monoisotopic (exact) mass is 258 g/mol. The molecule has 5 heteroatoms. The van der Waals surface area contributed by atoms with Crippen LogP contribution in [0, 0.1) is 5.82 Å². The van der Waals surface area contributed by atoms with Crippen LogP contribution in [-0.4, -0.2) is 44.2 Å². The summed E-state index contributed by atoms with van der Waals surface area (Å²) in [6.45, 7) is 5.56. The minimum absolute atomic E-state index is 0.124. The van der Waals surface area contributed by atoms with Gasteiger partial charge in [-0.1, -0.05) is 11.6 Å². The highest BCUT2D eigenvalue weighted by Crippen LogP contribution is 2.20. The van der Waals surface area contributed by atoms with E-state index in [0.717, 1.165) is 32.7 Å². The number of rotatable bonds is 4. The maximum absolute atomic E-state index is 13.1. The van der Waals surface area contributed by atoms with E-state index in [-0.39, 0.29) is 5.02 Å². The van der Waals surface area contributed by atoms with Crippen LogP contribution in [0.15, 0.2) is 18.2 Å². The van der Waals surface area contributed by atoms with Gasteiger partial charge in [-0.2, -0.15) is 0 Å². The molecule has 0 saturated carbocycles. The molecule has 0 bridgehead atoms. The van der Waals surface area contributed by atoms with E-state index in [9.17, 15) is 4.39 Å². The molecule has 0 aromatic heterocycles. The van der Waals surface area contributed by atoms with Crippen molar-refractivity contribution in [2.24, 2.45) is 0 Å². The number of hydrogen-bond donors (Lipinski definition) is 1. The average Bonchev–Trinajstić information content (AvgIpc) is 2.35. The van der Waals surface area contributed by atoms with Gasteiger partial charge in [-0.3, -0.25) is 4.90 Å². The molecule has 1 N–H and O–H groups in total. The van der Waals surface area contributed by atoms with Gasteiger partial charge in [-0.15, -0.1) is 0 Å². The van der Waals surface area contributed by atoms with Gasteiger partial charge in [-0.05, 0) is 12.1 Å². The van der Waals surface area contributed by atoms with E-state index >= 15 is 0 Å². The maximum atomic E-state index is 13.1. The lowest BCUT2D eigenvalue weighted by Gasteiger charge is -2.26. The Balaban J connectivity index is 1.75. The van der Waals surface area contributed by atoms with Crippen LogP contribution in [0.4, 0.5) is 4.39 Å². The molecule has 0 aliphatic carbocycles. The zero-order chi connectivity index (χ0) is 12.1. The molecule has 1 aromatic rings. The van der Waals surface area contributed by atoms with Crippen LogP contribution in [0.5, 0.6) is 5.75 Å². The Labute approximate surface area is 106 Å². The van der Waals surface area contributed by atoms with Crippen molar-refractivity contribution in [3.63, 3.8) is 0 Å². The molecule has 1 saturated heterocycles. The Morgan fingerprint density at radius 1 is 1.35 bits per heavy atom. The number of hydrogen-bond acceptors (Lipinski definition) is 3. The van der Waals surface area contributed by atoms with E-state index in [4.69, 9.17) is 16.3 Å². The summed E-state index contributed by atoms with van der Waals surface area (Å²) in [5.74, 6) is 0.0911. The number of nitrogens with one attached hydrogen (secondary N) is 1. The largest absolute Gasteiger partial charge is 0.492 e. The molecule has 0 unspecified atom stereocenters. The second kappa shape index (κ2) is 6.19. The van der Waals surface area contributed by atoms with Gasteiger partial charge in [0.15, 0.2) is 0 Å². The van der Waals surface area contributed by atoms with Gasteiger partial charge in [0.2, 0.25) is 0 Å². The highest BCUT2D eigenvalue weighted by atomic mass is 35.5. The van der Waals surface area contributed by atoms with Gasteiger partial charge in [0.05, 0.1) is 5.02 Å². The third-order valence-electron chi connectivity index (χ3n) is 2.78. The summed E-state index contributed by atoms with van der Waals surface area (Å²) in [6.07, 6.45) is 0. The number of halogens is 2. The molecule has 1 aliphatic heterocycles. The summed E-state index contributed by atoms with van der Waals surface area (Å²) >= 11 is 5.59. The number of ether oxygens (including phenoxy) is 1. The lowest BCUT2D eigenvalue weighted by molar-refractivity contribution is 0.191. The normalized spacial score (nSPS) is 17.1. The van der Waals surface area contributed by atoms with Crippen molar-refractivity contribution < 1.29 is 9.13 Å². The molecule has 1 heterocycles. The van der Waals surface area contributed by atoms with Crippen molar-refractivity contribution in [3.8, 4) is 5.75 Å². The Kier molecular flexibility index (Phi) is 4.59. The van der Waals surface area contributed by atoms with Gasteiger partial charge in [0, 0.05) is 38.8 Å². The van der Waals surface area contributed by atoms with E-state index in [1.165, 1.54) is 12.1 Å². The first kappa shape index (κ1) is 12.6. The number of piperazine rings is 1. The van der Waals surface area contributed by atoms with Crippen molar-refractivity contribution >= 4 is 11.6 Å². The SMILES string of the molecule is Fc1cc(OCCN2CCNCC2)ccc1Cl. The van der Waals surface area contributed by atoms with E-state index < -0.39 is 5.82 Å². The molecule has 0 radical (unpaired) electrons. The summed E-state index contributed by atoms with van der Waals surface area (Å²) in [4.78, 5) is 2.32. The lowest BCUT2D eigenvalue weighted by Crippen LogP contribution is -2.44. The van der Waals surface area contributed by atoms with Crippen LogP contribution in [0.2, 0.25) is 5.02 Å². The third kappa shape index (κ3) is 3.84. The predicted octanol–water partition coefficient (Wildman–Crippen LogP) is 1.76. The van der Waals surface area contributed by atoms with Crippen LogP contribution in [-0.2, 0) is 0 Å². The summed E-state index contributed by atoms with van der Waals surface area (Å²) in [5.41, 5.74) is 0. The molecule has 94 valence electrons. The van der Waals surface area contributed by atoms with E-state index in [1.54, 1.807) is 6.07 Å². The highest BCUT2D eigenvalue weighted by Gasteiger charge is 2.09. The van der Waals surface area contributed by atoms with Gasteiger partial charge >= 0.3 is 0 Å².